The summed E-state index contributed by atoms with van der Waals surface area (Å²) in [7, 11) is 0. The second-order valence-corrected chi connectivity index (χ2v) is 3.75. The molecule has 0 fully saturated rings. The van der Waals surface area contributed by atoms with Gasteiger partial charge in [-0.25, -0.2) is 0 Å². The van der Waals surface area contributed by atoms with E-state index in [2.05, 4.69) is 10.3 Å². The summed E-state index contributed by atoms with van der Waals surface area (Å²) in [5.41, 5.74) is 0.855. The van der Waals surface area contributed by atoms with E-state index in [9.17, 15) is 9.59 Å². The Morgan fingerprint density at radius 3 is 2.69 bits per heavy atom. The summed E-state index contributed by atoms with van der Waals surface area (Å²) in [5.74, 6) is -1.66. The predicted octanol–water partition coefficient (Wildman–Crippen LogP) is 1.25. The lowest BCUT2D eigenvalue weighted by atomic mass is 10.2. The molecule has 1 aromatic rings. The van der Waals surface area contributed by atoms with Crippen LogP contribution < -0.4 is 5.32 Å². The van der Waals surface area contributed by atoms with Gasteiger partial charge in [-0.05, 0) is 19.9 Å². The highest BCUT2D eigenvalue weighted by molar-refractivity contribution is 6.33. The Bertz CT molecular complexity index is 434. The van der Waals surface area contributed by atoms with Gasteiger partial charge in [0.1, 0.15) is 6.04 Å². The molecule has 0 bridgehead atoms. The number of nitrogens with zero attached hydrogens (tertiary/aromatic N) is 1. The average molecular weight is 243 g/mol. The van der Waals surface area contributed by atoms with Gasteiger partial charge < -0.3 is 10.4 Å². The van der Waals surface area contributed by atoms with Crippen LogP contribution >= 0.6 is 11.6 Å². The molecule has 0 unspecified atom stereocenters. The summed E-state index contributed by atoms with van der Waals surface area (Å²) in [6.45, 7) is 3.11. The number of aromatic nitrogens is 1. The molecule has 0 spiro atoms. The quantitative estimate of drug-likeness (QED) is 0.836. The largest absolute Gasteiger partial charge is 0.480 e. The molecule has 0 aliphatic carbocycles. The summed E-state index contributed by atoms with van der Waals surface area (Å²) >= 11 is 5.84. The van der Waals surface area contributed by atoms with Crippen molar-refractivity contribution in [1.29, 1.82) is 0 Å². The number of halogens is 1. The topological polar surface area (TPSA) is 79.3 Å². The van der Waals surface area contributed by atoms with Gasteiger partial charge in [0, 0.05) is 11.9 Å². The molecule has 1 rings (SSSR count). The highest BCUT2D eigenvalue weighted by Crippen LogP contribution is 2.15. The van der Waals surface area contributed by atoms with Crippen molar-refractivity contribution in [2.24, 2.45) is 0 Å². The number of hydrogen-bond acceptors (Lipinski definition) is 3. The molecule has 1 aromatic heterocycles. The number of aliphatic carboxylic acids is 1. The molecule has 86 valence electrons. The molecule has 2 N–H and O–H groups in total. The van der Waals surface area contributed by atoms with Crippen LogP contribution in [0.3, 0.4) is 0 Å². The van der Waals surface area contributed by atoms with Crippen LogP contribution in [0.25, 0.3) is 0 Å². The van der Waals surface area contributed by atoms with Crippen molar-refractivity contribution in [3.05, 3.63) is 28.5 Å². The van der Waals surface area contributed by atoms with Gasteiger partial charge in [-0.1, -0.05) is 11.6 Å². The number of hydrogen-bond donors (Lipinski definition) is 2. The minimum absolute atomic E-state index is 0.167. The Labute approximate surface area is 97.4 Å². The zero-order chi connectivity index (χ0) is 12.3. The standard InChI is InChI=1S/C10H11ClN2O3/c1-5-3-8(11)7(4-12-5)9(14)13-6(2)10(15)16/h3-4,6H,1-2H3,(H,13,14)(H,15,16)/t6-/m1/s1. The second-order valence-electron chi connectivity index (χ2n) is 3.34. The molecule has 0 aromatic carbocycles. The summed E-state index contributed by atoms with van der Waals surface area (Å²) in [4.78, 5) is 26.1. The molecule has 16 heavy (non-hydrogen) atoms. The average Bonchev–Trinajstić information content (AvgIpc) is 2.16. The van der Waals surface area contributed by atoms with Crippen LogP contribution in [0.1, 0.15) is 23.0 Å². The van der Waals surface area contributed by atoms with E-state index in [0.29, 0.717) is 5.69 Å². The molecule has 0 saturated carbocycles. The molecule has 1 heterocycles. The molecule has 0 radical (unpaired) electrons. The van der Waals surface area contributed by atoms with E-state index in [4.69, 9.17) is 16.7 Å². The van der Waals surface area contributed by atoms with Gasteiger partial charge in [-0.3, -0.25) is 14.6 Å². The lowest BCUT2D eigenvalue weighted by molar-refractivity contribution is -0.138. The van der Waals surface area contributed by atoms with Gasteiger partial charge in [-0.15, -0.1) is 0 Å². The second kappa shape index (κ2) is 4.94. The van der Waals surface area contributed by atoms with Gasteiger partial charge >= 0.3 is 5.97 Å². The van der Waals surface area contributed by atoms with E-state index in [1.165, 1.54) is 13.1 Å². The highest BCUT2D eigenvalue weighted by atomic mass is 35.5. The van der Waals surface area contributed by atoms with Crippen LogP contribution in [0.15, 0.2) is 12.3 Å². The third-order valence-corrected chi connectivity index (χ3v) is 2.27. The maximum Gasteiger partial charge on any atom is 0.325 e. The summed E-state index contributed by atoms with van der Waals surface area (Å²) < 4.78 is 0. The lowest BCUT2D eigenvalue weighted by Crippen LogP contribution is -2.38. The van der Waals surface area contributed by atoms with E-state index >= 15 is 0 Å². The van der Waals surface area contributed by atoms with E-state index in [1.807, 2.05) is 0 Å². The third kappa shape index (κ3) is 2.93. The molecule has 0 saturated heterocycles. The third-order valence-electron chi connectivity index (χ3n) is 1.95. The number of carboxylic acids is 1. The summed E-state index contributed by atoms with van der Waals surface area (Å²) in [6.07, 6.45) is 1.32. The number of carboxylic acid groups (broad SMARTS) is 1. The van der Waals surface area contributed by atoms with Crippen molar-refractivity contribution in [3.63, 3.8) is 0 Å². The van der Waals surface area contributed by atoms with Crippen molar-refractivity contribution >= 4 is 23.5 Å². The minimum Gasteiger partial charge on any atom is -0.480 e. The van der Waals surface area contributed by atoms with Gasteiger partial charge in [0.2, 0.25) is 0 Å². The number of nitrogens with one attached hydrogen (secondary N) is 1. The highest BCUT2D eigenvalue weighted by Gasteiger charge is 2.17. The fourth-order valence-corrected chi connectivity index (χ4v) is 1.32. The molecule has 1 amide bonds. The number of pyridine rings is 1. The molecule has 5 nitrogen and oxygen atoms in total. The number of carbonyl (C=O) groups excluding carboxylic acids is 1. The Hall–Kier alpha value is -1.62. The van der Waals surface area contributed by atoms with Crippen LogP contribution in [0.5, 0.6) is 0 Å². The van der Waals surface area contributed by atoms with Crippen LogP contribution in [-0.2, 0) is 4.79 Å². The van der Waals surface area contributed by atoms with Crippen LogP contribution in [0.4, 0.5) is 0 Å². The fourth-order valence-electron chi connectivity index (χ4n) is 1.03. The van der Waals surface area contributed by atoms with Gasteiger partial charge in [0.05, 0.1) is 10.6 Å². The Morgan fingerprint density at radius 2 is 2.19 bits per heavy atom. The SMILES string of the molecule is Cc1cc(Cl)c(C(=O)N[C@H](C)C(=O)O)cn1. The van der Waals surface area contributed by atoms with E-state index in [-0.39, 0.29) is 10.6 Å². The Morgan fingerprint density at radius 1 is 1.56 bits per heavy atom. The lowest BCUT2D eigenvalue weighted by Gasteiger charge is -2.10. The minimum atomic E-state index is -1.11. The first kappa shape index (κ1) is 12.4. The Balaban J connectivity index is 2.85. The van der Waals surface area contributed by atoms with Crippen molar-refractivity contribution in [2.75, 3.05) is 0 Å². The van der Waals surface area contributed by atoms with Crippen molar-refractivity contribution in [2.45, 2.75) is 19.9 Å². The molecular formula is C10H11ClN2O3. The monoisotopic (exact) mass is 242 g/mol. The maximum atomic E-state index is 11.6. The fraction of sp³-hybridized carbons (Fsp3) is 0.300. The first-order valence-electron chi connectivity index (χ1n) is 4.57. The normalized spacial score (nSPS) is 11.9. The Kier molecular flexibility index (Phi) is 3.84. The molecule has 0 aliphatic heterocycles. The van der Waals surface area contributed by atoms with E-state index in [1.54, 1.807) is 13.0 Å². The number of rotatable bonds is 3. The van der Waals surface area contributed by atoms with Crippen LogP contribution in [-0.4, -0.2) is 28.0 Å². The van der Waals surface area contributed by atoms with Crippen LogP contribution in [0, 0.1) is 6.92 Å². The summed E-state index contributed by atoms with van der Waals surface area (Å²) in [6, 6.07) is 0.576. The van der Waals surface area contributed by atoms with Gasteiger partial charge in [0.25, 0.3) is 5.91 Å². The molecule has 1 atom stereocenters. The van der Waals surface area contributed by atoms with Crippen molar-refractivity contribution in [3.8, 4) is 0 Å². The number of aryl methyl sites for hydroxylation is 1. The number of carbonyl (C=O) groups is 2. The first-order chi connectivity index (χ1) is 7.41. The van der Waals surface area contributed by atoms with E-state index < -0.39 is 17.9 Å². The van der Waals surface area contributed by atoms with Crippen molar-refractivity contribution in [1.82, 2.24) is 10.3 Å². The molecule has 0 aliphatic rings. The smallest absolute Gasteiger partial charge is 0.325 e. The number of amides is 1. The molecule has 6 heteroatoms. The first-order valence-corrected chi connectivity index (χ1v) is 4.95. The van der Waals surface area contributed by atoms with Gasteiger partial charge in [0.15, 0.2) is 0 Å². The predicted molar refractivity (Wildman–Crippen MR) is 58.5 cm³/mol. The maximum absolute atomic E-state index is 11.6. The van der Waals surface area contributed by atoms with Gasteiger partial charge in [-0.2, -0.15) is 0 Å². The molecular weight excluding hydrogens is 232 g/mol. The van der Waals surface area contributed by atoms with Crippen molar-refractivity contribution < 1.29 is 14.7 Å². The van der Waals surface area contributed by atoms with Crippen LogP contribution in [0.2, 0.25) is 5.02 Å². The zero-order valence-electron chi connectivity index (χ0n) is 8.82. The zero-order valence-corrected chi connectivity index (χ0v) is 9.58. The van der Waals surface area contributed by atoms with E-state index in [0.717, 1.165) is 0 Å². The summed E-state index contributed by atoms with van der Waals surface area (Å²) in [5, 5.41) is 11.2.